The van der Waals surface area contributed by atoms with Gasteiger partial charge in [0, 0.05) is 49.9 Å². The molecule has 0 unspecified atom stereocenters. The average molecular weight is 753 g/mol. The minimum absolute atomic E-state index is 0.873. The van der Waals surface area contributed by atoms with Crippen LogP contribution in [0.25, 0.3) is 93.2 Å². The molecule has 0 saturated heterocycles. The summed E-state index contributed by atoms with van der Waals surface area (Å²) in [7, 11) is 0. The van der Waals surface area contributed by atoms with Crippen molar-refractivity contribution in [1.82, 2.24) is 4.57 Å². The summed E-state index contributed by atoms with van der Waals surface area (Å²) in [5.74, 6) is 0. The van der Waals surface area contributed by atoms with Crippen LogP contribution in [0.2, 0.25) is 0 Å². The standard InChI is InChI=1S/C56H36N2O/c1-2-16-40(17-3-1)57(41-31-28-38(29-32-41)45-23-13-24-46-44-19-5-4-14-37(44)30-33-47(45)46)43-35-51(56-52(36-43)50-22-8-11-27-55(50)59-56)39-15-12-18-42(34-39)58-53-25-9-6-20-48(53)49-21-7-10-26-54(49)58/h1-36H. The van der Waals surface area contributed by atoms with Crippen LogP contribution in [-0.4, -0.2) is 4.57 Å². The summed E-state index contributed by atoms with van der Waals surface area (Å²) in [6.45, 7) is 0. The quantitative estimate of drug-likeness (QED) is 0.158. The van der Waals surface area contributed by atoms with Crippen LogP contribution in [0.15, 0.2) is 223 Å². The molecule has 3 nitrogen and oxygen atoms in total. The van der Waals surface area contributed by atoms with Crippen LogP contribution >= 0.6 is 0 Å². The average Bonchev–Trinajstić information content (AvgIpc) is 3.85. The van der Waals surface area contributed by atoms with Gasteiger partial charge >= 0.3 is 0 Å². The van der Waals surface area contributed by atoms with Gasteiger partial charge in [-0.3, -0.25) is 0 Å². The molecule has 0 fully saturated rings. The molecular formula is C56H36N2O. The summed E-state index contributed by atoms with van der Waals surface area (Å²) in [6.07, 6.45) is 0. The van der Waals surface area contributed by atoms with Gasteiger partial charge in [0.2, 0.25) is 0 Å². The highest BCUT2D eigenvalue weighted by molar-refractivity contribution is 6.14. The second kappa shape index (κ2) is 13.4. The first-order chi connectivity index (χ1) is 29.3. The number of para-hydroxylation sites is 4. The summed E-state index contributed by atoms with van der Waals surface area (Å²) in [4.78, 5) is 2.36. The fourth-order valence-corrected chi connectivity index (χ4v) is 9.27. The molecule has 0 aliphatic rings. The van der Waals surface area contributed by atoms with Crippen molar-refractivity contribution in [3.63, 3.8) is 0 Å². The van der Waals surface area contributed by atoms with E-state index in [1.54, 1.807) is 0 Å². The molecule has 0 atom stereocenters. The molecule has 0 radical (unpaired) electrons. The fourth-order valence-electron chi connectivity index (χ4n) is 9.27. The van der Waals surface area contributed by atoms with Crippen molar-refractivity contribution in [2.24, 2.45) is 0 Å². The number of hydrogen-bond acceptors (Lipinski definition) is 2. The van der Waals surface area contributed by atoms with Gasteiger partial charge in [0.05, 0.1) is 11.0 Å². The molecule has 0 aliphatic heterocycles. The number of aromatic nitrogens is 1. The Bertz CT molecular complexity index is 3500. The van der Waals surface area contributed by atoms with Crippen molar-refractivity contribution in [3.05, 3.63) is 218 Å². The molecule has 2 aromatic heterocycles. The lowest BCUT2D eigenvalue weighted by molar-refractivity contribution is 0.670. The smallest absolute Gasteiger partial charge is 0.143 e. The van der Waals surface area contributed by atoms with E-state index >= 15 is 0 Å². The second-order valence-corrected chi connectivity index (χ2v) is 15.3. The van der Waals surface area contributed by atoms with Gasteiger partial charge in [-0.2, -0.15) is 0 Å². The SMILES string of the molecule is c1ccc(N(c2ccc(-c3cccc4c3ccc3ccccc34)cc2)c2cc(-c3cccc(-n4c5ccccc5c5ccccc54)c3)c3oc4ccccc4c3c2)cc1. The Morgan fingerprint density at radius 2 is 0.983 bits per heavy atom. The van der Waals surface area contributed by atoms with E-state index in [1.165, 1.54) is 54.5 Å². The van der Waals surface area contributed by atoms with E-state index in [9.17, 15) is 0 Å². The maximum Gasteiger partial charge on any atom is 0.143 e. The molecule has 276 valence electrons. The summed E-state index contributed by atoms with van der Waals surface area (Å²) in [5.41, 5.74) is 13.0. The largest absolute Gasteiger partial charge is 0.455 e. The number of anilines is 3. The molecule has 0 bridgehead atoms. The van der Waals surface area contributed by atoms with Crippen LogP contribution in [-0.2, 0) is 0 Å². The van der Waals surface area contributed by atoms with Gasteiger partial charge in [-0.05, 0) is 105 Å². The molecule has 59 heavy (non-hydrogen) atoms. The zero-order chi connectivity index (χ0) is 38.9. The van der Waals surface area contributed by atoms with E-state index in [0.29, 0.717) is 0 Å². The predicted octanol–water partition coefficient (Wildman–Crippen LogP) is 15.8. The Morgan fingerprint density at radius 3 is 1.78 bits per heavy atom. The van der Waals surface area contributed by atoms with Gasteiger partial charge in [0.15, 0.2) is 0 Å². The topological polar surface area (TPSA) is 21.3 Å². The molecule has 12 aromatic rings. The molecule has 3 heteroatoms. The van der Waals surface area contributed by atoms with Gasteiger partial charge in [0.25, 0.3) is 0 Å². The molecule has 0 saturated carbocycles. The van der Waals surface area contributed by atoms with Crippen LogP contribution in [0, 0.1) is 0 Å². The lowest BCUT2D eigenvalue weighted by Crippen LogP contribution is -2.10. The van der Waals surface area contributed by atoms with E-state index in [4.69, 9.17) is 4.42 Å². The minimum Gasteiger partial charge on any atom is -0.455 e. The maximum absolute atomic E-state index is 6.76. The number of furan rings is 1. The van der Waals surface area contributed by atoms with Crippen LogP contribution in [0.3, 0.4) is 0 Å². The van der Waals surface area contributed by atoms with Crippen molar-refractivity contribution >= 4 is 82.4 Å². The zero-order valence-corrected chi connectivity index (χ0v) is 32.1. The Morgan fingerprint density at radius 1 is 0.339 bits per heavy atom. The third-order valence-corrected chi connectivity index (χ3v) is 12.0. The highest BCUT2D eigenvalue weighted by Gasteiger charge is 2.21. The van der Waals surface area contributed by atoms with Crippen molar-refractivity contribution in [2.75, 3.05) is 4.90 Å². The molecule has 0 aliphatic carbocycles. The summed E-state index contributed by atoms with van der Waals surface area (Å²) >= 11 is 0. The van der Waals surface area contributed by atoms with Gasteiger partial charge in [-0.1, -0.05) is 152 Å². The third kappa shape index (κ3) is 5.36. The van der Waals surface area contributed by atoms with Gasteiger partial charge in [-0.15, -0.1) is 0 Å². The predicted molar refractivity (Wildman–Crippen MR) is 249 cm³/mol. The van der Waals surface area contributed by atoms with Crippen molar-refractivity contribution in [2.45, 2.75) is 0 Å². The highest BCUT2D eigenvalue weighted by atomic mass is 16.3. The van der Waals surface area contributed by atoms with Crippen molar-refractivity contribution < 1.29 is 4.42 Å². The Balaban J connectivity index is 1.04. The van der Waals surface area contributed by atoms with Gasteiger partial charge in [0.1, 0.15) is 11.2 Å². The normalized spacial score (nSPS) is 11.7. The monoisotopic (exact) mass is 752 g/mol. The second-order valence-electron chi connectivity index (χ2n) is 15.3. The molecule has 2 heterocycles. The molecular weight excluding hydrogens is 717 g/mol. The van der Waals surface area contributed by atoms with E-state index in [0.717, 1.165) is 55.8 Å². The Hall–Kier alpha value is -7.88. The first-order valence-electron chi connectivity index (χ1n) is 20.2. The van der Waals surface area contributed by atoms with Gasteiger partial charge < -0.3 is 13.9 Å². The van der Waals surface area contributed by atoms with E-state index in [1.807, 2.05) is 6.07 Å². The number of benzene rings is 10. The fraction of sp³-hybridized carbons (Fsp3) is 0. The first-order valence-corrected chi connectivity index (χ1v) is 20.2. The zero-order valence-electron chi connectivity index (χ0n) is 32.1. The van der Waals surface area contributed by atoms with Gasteiger partial charge in [-0.25, -0.2) is 0 Å². The number of nitrogens with zero attached hydrogens (tertiary/aromatic N) is 2. The molecule has 0 N–H and O–H groups in total. The maximum atomic E-state index is 6.76. The minimum atomic E-state index is 0.873. The summed E-state index contributed by atoms with van der Waals surface area (Å²) in [6, 6.07) is 78.7. The molecule has 0 spiro atoms. The van der Waals surface area contributed by atoms with Crippen LogP contribution < -0.4 is 4.90 Å². The lowest BCUT2D eigenvalue weighted by Gasteiger charge is -2.26. The lowest BCUT2D eigenvalue weighted by atomic mass is 9.94. The van der Waals surface area contributed by atoms with Crippen LogP contribution in [0.4, 0.5) is 17.1 Å². The number of hydrogen-bond donors (Lipinski definition) is 0. The van der Waals surface area contributed by atoms with E-state index in [2.05, 4.69) is 222 Å². The molecule has 10 aromatic carbocycles. The number of rotatable bonds is 6. The number of fused-ring (bicyclic) bond motifs is 9. The Kier molecular flexibility index (Phi) is 7.54. The van der Waals surface area contributed by atoms with Crippen molar-refractivity contribution in [1.29, 1.82) is 0 Å². The highest BCUT2D eigenvalue weighted by Crippen LogP contribution is 2.45. The van der Waals surface area contributed by atoms with Crippen molar-refractivity contribution in [3.8, 4) is 27.9 Å². The van der Waals surface area contributed by atoms with E-state index < -0.39 is 0 Å². The first kappa shape index (κ1) is 33.3. The Labute approximate surface area is 341 Å². The van der Waals surface area contributed by atoms with E-state index in [-0.39, 0.29) is 0 Å². The summed E-state index contributed by atoms with van der Waals surface area (Å²) < 4.78 is 9.14. The molecule has 12 rings (SSSR count). The van der Waals surface area contributed by atoms with Crippen LogP contribution in [0.1, 0.15) is 0 Å². The van der Waals surface area contributed by atoms with Crippen LogP contribution in [0.5, 0.6) is 0 Å². The summed E-state index contributed by atoms with van der Waals surface area (Å²) in [5, 5.41) is 9.72. The molecule has 0 amide bonds. The third-order valence-electron chi connectivity index (χ3n) is 12.0.